The fraction of sp³-hybridized carbons (Fsp3) is 0.643. The van der Waals surface area contributed by atoms with Gasteiger partial charge in [-0.25, -0.2) is 4.98 Å². The smallest absolute Gasteiger partial charge is 0.349 e. The topological polar surface area (TPSA) is 113 Å². The second-order valence-corrected chi connectivity index (χ2v) is 6.62. The van der Waals surface area contributed by atoms with Crippen molar-refractivity contribution in [2.75, 3.05) is 19.6 Å². The molecule has 0 bridgehead atoms. The maximum Gasteiger partial charge on any atom is 0.451 e. The van der Waals surface area contributed by atoms with Crippen LogP contribution in [-0.4, -0.2) is 55.5 Å². The Balaban J connectivity index is 1.71. The van der Waals surface area contributed by atoms with Crippen molar-refractivity contribution in [3.8, 4) is 5.95 Å². The predicted molar refractivity (Wildman–Crippen MR) is 83.6 cm³/mol. The minimum Gasteiger partial charge on any atom is -0.349 e. The van der Waals surface area contributed by atoms with E-state index in [1.165, 1.54) is 6.92 Å². The standard InChI is InChI=1S/C14H19F3N8O/c1-8-20-9(10(26)19-7-13(2)3-5-18-6-4-13)24-25(8)12-21-11(22-23-12)14(15,16)17/h18H,3-7H2,1-2H3,(H,19,26)(H,21,22,23). The number of carbonyl (C=O) groups is 1. The molecular formula is C14H19F3N8O. The van der Waals surface area contributed by atoms with Crippen molar-refractivity contribution in [3.63, 3.8) is 0 Å². The van der Waals surface area contributed by atoms with Crippen LogP contribution >= 0.6 is 0 Å². The van der Waals surface area contributed by atoms with E-state index in [0.29, 0.717) is 6.54 Å². The molecule has 0 atom stereocenters. The number of nitrogens with zero attached hydrogens (tertiary/aromatic N) is 5. The summed E-state index contributed by atoms with van der Waals surface area (Å²) in [6, 6.07) is 0. The summed E-state index contributed by atoms with van der Waals surface area (Å²) in [4.78, 5) is 19.6. The second kappa shape index (κ2) is 6.67. The number of nitrogens with one attached hydrogen (secondary N) is 3. The number of aromatic nitrogens is 6. The molecule has 0 saturated carbocycles. The third-order valence-electron chi connectivity index (χ3n) is 4.39. The molecule has 0 unspecified atom stereocenters. The Labute approximate surface area is 146 Å². The average molecular weight is 372 g/mol. The van der Waals surface area contributed by atoms with Gasteiger partial charge in [-0.1, -0.05) is 6.92 Å². The number of piperidine rings is 1. The SMILES string of the molecule is Cc1nc(C(=O)NCC2(C)CCNCC2)nn1-c1n[nH]c(C(F)(F)F)n1. The van der Waals surface area contributed by atoms with Gasteiger partial charge in [0.05, 0.1) is 0 Å². The fourth-order valence-electron chi connectivity index (χ4n) is 2.73. The van der Waals surface area contributed by atoms with Gasteiger partial charge in [-0.3, -0.25) is 9.89 Å². The molecular weight excluding hydrogens is 353 g/mol. The number of H-pyrrole nitrogens is 1. The molecule has 1 saturated heterocycles. The first kappa shape index (κ1) is 18.3. The first-order chi connectivity index (χ1) is 12.2. The zero-order valence-corrected chi connectivity index (χ0v) is 14.3. The van der Waals surface area contributed by atoms with Crippen molar-refractivity contribution in [1.29, 1.82) is 0 Å². The lowest BCUT2D eigenvalue weighted by molar-refractivity contribution is -0.144. The van der Waals surface area contributed by atoms with Crippen LogP contribution in [0, 0.1) is 12.3 Å². The summed E-state index contributed by atoms with van der Waals surface area (Å²) < 4.78 is 38.8. The van der Waals surface area contributed by atoms with Crippen LogP contribution in [0.1, 0.15) is 42.0 Å². The Morgan fingerprint density at radius 2 is 2.00 bits per heavy atom. The van der Waals surface area contributed by atoms with E-state index >= 15 is 0 Å². The number of halogens is 3. The Bertz CT molecular complexity index is 790. The number of aromatic amines is 1. The van der Waals surface area contributed by atoms with E-state index in [1.807, 2.05) is 0 Å². The summed E-state index contributed by atoms with van der Waals surface area (Å²) in [7, 11) is 0. The number of hydrogen-bond donors (Lipinski definition) is 3. The largest absolute Gasteiger partial charge is 0.451 e. The summed E-state index contributed by atoms with van der Waals surface area (Å²) in [6.07, 6.45) is -2.78. The number of alkyl halides is 3. The van der Waals surface area contributed by atoms with Crippen LogP contribution in [-0.2, 0) is 6.18 Å². The third-order valence-corrected chi connectivity index (χ3v) is 4.39. The molecule has 1 aliphatic rings. The fourth-order valence-corrected chi connectivity index (χ4v) is 2.73. The highest BCUT2D eigenvalue weighted by Gasteiger charge is 2.36. The summed E-state index contributed by atoms with van der Waals surface area (Å²) in [5.41, 5.74) is -0.0100. The van der Waals surface area contributed by atoms with E-state index in [2.05, 4.69) is 37.7 Å². The first-order valence-corrected chi connectivity index (χ1v) is 8.10. The van der Waals surface area contributed by atoms with Crippen LogP contribution < -0.4 is 10.6 Å². The van der Waals surface area contributed by atoms with Crippen molar-refractivity contribution < 1.29 is 18.0 Å². The molecule has 1 fully saturated rings. The monoisotopic (exact) mass is 372 g/mol. The number of amides is 1. The molecule has 3 N–H and O–H groups in total. The lowest BCUT2D eigenvalue weighted by Gasteiger charge is -2.33. The lowest BCUT2D eigenvalue weighted by atomic mass is 9.81. The van der Waals surface area contributed by atoms with Crippen molar-refractivity contribution in [3.05, 3.63) is 17.5 Å². The average Bonchev–Trinajstić information content (AvgIpc) is 3.19. The van der Waals surface area contributed by atoms with Crippen LogP contribution in [0.2, 0.25) is 0 Å². The minimum atomic E-state index is -4.65. The highest BCUT2D eigenvalue weighted by molar-refractivity contribution is 5.90. The van der Waals surface area contributed by atoms with Gasteiger partial charge in [0.1, 0.15) is 5.82 Å². The van der Waals surface area contributed by atoms with E-state index in [0.717, 1.165) is 30.6 Å². The van der Waals surface area contributed by atoms with E-state index in [-0.39, 0.29) is 23.0 Å². The van der Waals surface area contributed by atoms with Gasteiger partial charge >= 0.3 is 6.18 Å². The number of aryl methyl sites for hydroxylation is 1. The molecule has 0 spiro atoms. The summed E-state index contributed by atoms with van der Waals surface area (Å²) in [5, 5.41) is 15.3. The highest BCUT2D eigenvalue weighted by Crippen LogP contribution is 2.27. The molecule has 1 amide bonds. The van der Waals surface area contributed by atoms with Crippen molar-refractivity contribution in [2.45, 2.75) is 32.9 Å². The number of rotatable bonds is 4. The van der Waals surface area contributed by atoms with E-state index in [9.17, 15) is 18.0 Å². The Kier molecular flexibility index (Phi) is 4.69. The molecule has 0 radical (unpaired) electrons. The zero-order valence-electron chi connectivity index (χ0n) is 14.3. The van der Waals surface area contributed by atoms with Gasteiger partial charge in [0.25, 0.3) is 11.9 Å². The summed E-state index contributed by atoms with van der Waals surface area (Å²) >= 11 is 0. The highest BCUT2D eigenvalue weighted by atomic mass is 19.4. The molecule has 12 heteroatoms. The molecule has 0 aliphatic carbocycles. The number of hydrogen-bond acceptors (Lipinski definition) is 6. The van der Waals surface area contributed by atoms with Gasteiger partial charge in [-0.15, -0.1) is 10.2 Å². The Hall–Kier alpha value is -2.50. The molecule has 26 heavy (non-hydrogen) atoms. The van der Waals surface area contributed by atoms with E-state index in [1.54, 1.807) is 5.10 Å². The Morgan fingerprint density at radius 3 is 2.62 bits per heavy atom. The van der Waals surface area contributed by atoms with Crippen molar-refractivity contribution in [2.24, 2.45) is 5.41 Å². The molecule has 2 aromatic heterocycles. The van der Waals surface area contributed by atoms with E-state index in [4.69, 9.17) is 0 Å². The first-order valence-electron chi connectivity index (χ1n) is 8.10. The predicted octanol–water partition coefficient (Wildman–Crippen LogP) is 0.832. The van der Waals surface area contributed by atoms with Gasteiger partial charge in [0.15, 0.2) is 0 Å². The quantitative estimate of drug-likeness (QED) is 0.733. The van der Waals surface area contributed by atoms with Gasteiger partial charge in [0.2, 0.25) is 11.6 Å². The molecule has 2 aromatic rings. The molecule has 142 valence electrons. The molecule has 1 aliphatic heterocycles. The van der Waals surface area contributed by atoms with Gasteiger partial charge in [0, 0.05) is 6.54 Å². The van der Waals surface area contributed by atoms with Crippen molar-refractivity contribution in [1.82, 2.24) is 40.6 Å². The van der Waals surface area contributed by atoms with Gasteiger partial charge in [-0.05, 0) is 38.3 Å². The molecule has 0 aromatic carbocycles. The van der Waals surface area contributed by atoms with Crippen LogP contribution in [0.4, 0.5) is 13.2 Å². The molecule has 3 heterocycles. The minimum absolute atomic E-state index is 0.0100. The Morgan fingerprint density at radius 1 is 1.31 bits per heavy atom. The third kappa shape index (κ3) is 3.84. The molecule has 9 nitrogen and oxygen atoms in total. The lowest BCUT2D eigenvalue weighted by Crippen LogP contribution is -2.43. The van der Waals surface area contributed by atoms with Gasteiger partial charge < -0.3 is 10.6 Å². The van der Waals surface area contributed by atoms with Crippen LogP contribution in [0.3, 0.4) is 0 Å². The van der Waals surface area contributed by atoms with Crippen LogP contribution in [0.5, 0.6) is 0 Å². The normalized spacial score (nSPS) is 17.3. The number of carbonyl (C=O) groups excluding carboxylic acids is 1. The second-order valence-electron chi connectivity index (χ2n) is 6.62. The maximum atomic E-state index is 12.6. The molecule has 3 rings (SSSR count). The zero-order chi connectivity index (χ0) is 18.9. The van der Waals surface area contributed by atoms with Crippen molar-refractivity contribution >= 4 is 5.91 Å². The van der Waals surface area contributed by atoms with Crippen LogP contribution in [0.15, 0.2) is 0 Å². The maximum absolute atomic E-state index is 12.6. The van der Waals surface area contributed by atoms with Crippen LogP contribution in [0.25, 0.3) is 5.95 Å². The summed E-state index contributed by atoms with van der Waals surface area (Å²) in [6.45, 7) is 5.86. The summed E-state index contributed by atoms with van der Waals surface area (Å²) in [5.74, 6) is -1.99. The van der Waals surface area contributed by atoms with E-state index < -0.39 is 17.9 Å². The van der Waals surface area contributed by atoms with Gasteiger partial charge in [-0.2, -0.15) is 22.8 Å².